The Morgan fingerprint density at radius 3 is 2.59 bits per heavy atom. The number of piperidine rings is 1. The van der Waals surface area contributed by atoms with Crippen LogP contribution in [0.1, 0.15) is 55.4 Å². The normalized spacial score (nSPS) is 17.9. The minimum atomic E-state index is -4.61. The highest BCUT2D eigenvalue weighted by Crippen LogP contribution is 2.33. The van der Waals surface area contributed by atoms with Crippen molar-refractivity contribution in [3.8, 4) is 5.69 Å². The SMILES string of the molecule is Cc1cc(=O)c(C(=O)NCC(C)(C)N2CCC[C@@H](C)C2)nn1-c1ccccc1C(F)(F)F. The molecule has 1 aliphatic rings. The van der Waals surface area contributed by atoms with E-state index >= 15 is 0 Å². The molecule has 0 aliphatic carbocycles. The first-order valence-electron chi connectivity index (χ1n) is 10.7. The van der Waals surface area contributed by atoms with E-state index in [0.29, 0.717) is 5.92 Å². The lowest BCUT2D eigenvalue weighted by molar-refractivity contribution is -0.137. The van der Waals surface area contributed by atoms with Crippen LogP contribution in [-0.4, -0.2) is 45.8 Å². The number of likely N-dealkylation sites (tertiary alicyclic amines) is 1. The molecule has 0 saturated carbocycles. The van der Waals surface area contributed by atoms with Gasteiger partial charge in [0.1, 0.15) is 0 Å². The van der Waals surface area contributed by atoms with Crippen molar-refractivity contribution >= 4 is 5.91 Å². The standard InChI is InChI=1S/C23H29F3N4O2/c1-15-8-7-11-29(13-15)22(3,4)14-27-21(32)20-19(31)12-16(2)30(28-20)18-10-6-5-9-17(18)23(24,25)26/h5-6,9-10,12,15H,7-8,11,13-14H2,1-4H3,(H,27,32)/t15-/m1/s1. The second-order valence-corrected chi connectivity index (χ2v) is 9.11. The molecule has 0 spiro atoms. The van der Waals surface area contributed by atoms with Crippen LogP contribution in [0.5, 0.6) is 0 Å². The highest BCUT2D eigenvalue weighted by molar-refractivity contribution is 5.92. The highest BCUT2D eigenvalue weighted by Gasteiger charge is 2.35. The van der Waals surface area contributed by atoms with Crippen LogP contribution in [-0.2, 0) is 6.18 Å². The number of carbonyl (C=O) groups is 1. The number of nitrogens with one attached hydrogen (secondary N) is 1. The molecular weight excluding hydrogens is 421 g/mol. The molecule has 3 rings (SSSR count). The summed E-state index contributed by atoms with van der Waals surface area (Å²) in [7, 11) is 0. The van der Waals surface area contributed by atoms with Gasteiger partial charge in [0.15, 0.2) is 5.69 Å². The number of nitrogens with zero attached hydrogens (tertiary/aromatic N) is 3. The van der Waals surface area contributed by atoms with Crippen molar-refractivity contribution in [2.45, 2.75) is 52.3 Å². The van der Waals surface area contributed by atoms with Gasteiger partial charge in [0.05, 0.1) is 11.3 Å². The number of aromatic nitrogens is 2. The van der Waals surface area contributed by atoms with Crippen molar-refractivity contribution in [3.05, 3.63) is 57.5 Å². The van der Waals surface area contributed by atoms with Gasteiger partial charge in [0.25, 0.3) is 5.91 Å². The molecule has 1 amide bonds. The maximum Gasteiger partial charge on any atom is 0.418 e. The molecule has 1 fully saturated rings. The highest BCUT2D eigenvalue weighted by atomic mass is 19.4. The van der Waals surface area contributed by atoms with Gasteiger partial charge in [-0.1, -0.05) is 19.1 Å². The molecule has 1 aromatic heterocycles. The maximum absolute atomic E-state index is 13.5. The average molecular weight is 451 g/mol. The Morgan fingerprint density at radius 1 is 1.25 bits per heavy atom. The van der Waals surface area contributed by atoms with Crippen LogP contribution in [0, 0.1) is 12.8 Å². The number of alkyl halides is 3. The lowest BCUT2D eigenvalue weighted by atomic mass is 9.93. The molecule has 9 heteroatoms. The van der Waals surface area contributed by atoms with Crippen molar-refractivity contribution in [2.24, 2.45) is 5.92 Å². The molecule has 1 N–H and O–H groups in total. The van der Waals surface area contributed by atoms with Crippen molar-refractivity contribution in [2.75, 3.05) is 19.6 Å². The molecule has 0 radical (unpaired) electrons. The van der Waals surface area contributed by atoms with E-state index in [-0.39, 0.29) is 23.5 Å². The Kier molecular flexibility index (Phi) is 6.78. The van der Waals surface area contributed by atoms with Crippen molar-refractivity contribution in [1.29, 1.82) is 0 Å². The number of hydrogen-bond donors (Lipinski definition) is 1. The zero-order valence-corrected chi connectivity index (χ0v) is 18.8. The molecule has 1 saturated heterocycles. The fourth-order valence-electron chi connectivity index (χ4n) is 4.08. The summed E-state index contributed by atoms with van der Waals surface area (Å²) in [5.74, 6) is -0.134. The second kappa shape index (κ2) is 9.05. The maximum atomic E-state index is 13.5. The molecule has 32 heavy (non-hydrogen) atoms. The Balaban J connectivity index is 1.87. The van der Waals surface area contributed by atoms with Gasteiger partial charge in [0.2, 0.25) is 5.43 Å². The Bertz CT molecular complexity index is 1050. The van der Waals surface area contributed by atoms with Gasteiger partial charge >= 0.3 is 6.18 Å². The molecule has 0 bridgehead atoms. The van der Waals surface area contributed by atoms with E-state index in [1.807, 2.05) is 13.8 Å². The van der Waals surface area contributed by atoms with Crippen molar-refractivity contribution in [1.82, 2.24) is 20.0 Å². The molecule has 2 aromatic rings. The van der Waals surface area contributed by atoms with E-state index in [9.17, 15) is 22.8 Å². The summed E-state index contributed by atoms with van der Waals surface area (Å²) in [6, 6.07) is 6.06. The van der Waals surface area contributed by atoms with Crippen LogP contribution < -0.4 is 10.7 Å². The monoisotopic (exact) mass is 450 g/mol. The first-order valence-corrected chi connectivity index (χ1v) is 10.7. The van der Waals surface area contributed by atoms with Crippen LogP contribution in [0.4, 0.5) is 13.2 Å². The molecule has 1 aromatic carbocycles. The summed E-state index contributed by atoms with van der Waals surface area (Å²) in [5, 5.41) is 6.78. The fraction of sp³-hybridized carbons (Fsp3) is 0.522. The molecule has 6 nitrogen and oxygen atoms in total. The third-order valence-electron chi connectivity index (χ3n) is 5.95. The zero-order valence-electron chi connectivity index (χ0n) is 18.8. The summed E-state index contributed by atoms with van der Waals surface area (Å²) >= 11 is 0. The Hall–Kier alpha value is -2.68. The largest absolute Gasteiger partial charge is 0.418 e. The van der Waals surface area contributed by atoms with Crippen LogP contribution >= 0.6 is 0 Å². The molecule has 174 valence electrons. The third-order valence-corrected chi connectivity index (χ3v) is 5.95. The summed E-state index contributed by atoms with van der Waals surface area (Å²) in [4.78, 5) is 27.6. The topological polar surface area (TPSA) is 67.2 Å². The smallest absolute Gasteiger partial charge is 0.349 e. The predicted molar refractivity (Wildman–Crippen MR) is 116 cm³/mol. The lowest BCUT2D eigenvalue weighted by Gasteiger charge is -2.43. The summed E-state index contributed by atoms with van der Waals surface area (Å²) < 4.78 is 41.4. The second-order valence-electron chi connectivity index (χ2n) is 9.11. The van der Waals surface area contributed by atoms with E-state index in [0.717, 1.165) is 36.3 Å². The minimum absolute atomic E-state index is 0.200. The number of aryl methyl sites for hydroxylation is 1. The van der Waals surface area contributed by atoms with E-state index in [2.05, 4.69) is 22.2 Å². The van der Waals surface area contributed by atoms with Crippen LogP contribution in [0.2, 0.25) is 0 Å². The molecular formula is C23H29F3N4O2. The molecule has 0 unspecified atom stereocenters. The number of amides is 1. The zero-order chi connectivity index (χ0) is 23.7. The first-order chi connectivity index (χ1) is 14.9. The van der Waals surface area contributed by atoms with Gasteiger partial charge < -0.3 is 5.32 Å². The molecule has 1 aliphatic heterocycles. The number of hydrogen-bond acceptors (Lipinski definition) is 4. The number of para-hydroxylation sites is 1. The summed E-state index contributed by atoms with van der Waals surface area (Å²) in [6.07, 6.45) is -2.35. The van der Waals surface area contributed by atoms with Gasteiger partial charge in [-0.3, -0.25) is 14.5 Å². The van der Waals surface area contributed by atoms with Crippen LogP contribution in [0.25, 0.3) is 5.69 Å². The number of benzene rings is 1. The van der Waals surface area contributed by atoms with Gasteiger partial charge in [-0.05, 0) is 58.2 Å². The van der Waals surface area contributed by atoms with E-state index in [1.165, 1.54) is 31.5 Å². The molecule has 1 atom stereocenters. The van der Waals surface area contributed by atoms with Crippen LogP contribution in [0.3, 0.4) is 0 Å². The van der Waals surface area contributed by atoms with E-state index in [4.69, 9.17) is 0 Å². The Morgan fingerprint density at radius 2 is 1.94 bits per heavy atom. The van der Waals surface area contributed by atoms with Gasteiger partial charge in [-0.25, -0.2) is 4.68 Å². The third kappa shape index (κ3) is 5.20. The number of rotatable bonds is 5. The van der Waals surface area contributed by atoms with Gasteiger partial charge in [-0.15, -0.1) is 0 Å². The first kappa shape index (κ1) is 24.0. The molecule has 2 heterocycles. The van der Waals surface area contributed by atoms with Gasteiger partial charge in [0, 0.05) is 30.4 Å². The number of halogens is 3. The predicted octanol–water partition coefficient (Wildman–Crippen LogP) is 3.80. The number of carbonyl (C=O) groups excluding carboxylic acids is 1. The summed E-state index contributed by atoms with van der Waals surface area (Å²) in [5.41, 5.74) is -2.34. The summed E-state index contributed by atoms with van der Waals surface area (Å²) in [6.45, 7) is 9.84. The van der Waals surface area contributed by atoms with Crippen molar-refractivity contribution < 1.29 is 18.0 Å². The van der Waals surface area contributed by atoms with Crippen LogP contribution in [0.15, 0.2) is 35.1 Å². The van der Waals surface area contributed by atoms with E-state index < -0.39 is 28.8 Å². The van der Waals surface area contributed by atoms with Crippen molar-refractivity contribution in [3.63, 3.8) is 0 Å². The minimum Gasteiger partial charge on any atom is -0.349 e. The quantitative estimate of drug-likeness (QED) is 0.753. The fourth-order valence-corrected chi connectivity index (χ4v) is 4.08. The van der Waals surface area contributed by atoms with E-state index in [1.54, 1.807) is 0 Å². The average Bonchev–Trinajstić information content (AvgIpc) is 2.71. The lowest BCUT2D eigenvalue weighted by Crippen LogP contribution is -2.55. The Labute approximate surface area is 185 Å². The van der Waals surface area contributed by atoms with Gasteiger partial charge in [-0.2, -0.15) is 18.3 Å².